The summed E-state index contributed by atoms with van der Waals surface area (Å²) in [7, 11) is 0. The second-order valence-corrected chi connectivity index (χ2v) is 15.7. The van der Waals surface area contributed by atoms with E-state index in [4.69, 9.17) is 4.74 Å². The normalized spacial score (nSPS) is 13.0. The third kappa shape index (κ3) is 5.33. The Morgan fingerprint density at radius 3 is 1.88 bits per heavy atom. The number of para-hydroxylation sites is 2. The number of anilines is 3. The van der Waals surface area contributed by atoms with Crippen LogP contribution in [0.5, 0.6) is 11.5 Å². The fourth-order valence-electron chi connectivity index (χ4n) is 9.25. The van der Waals surface area contributed by atoms with Gasteiger partial charge in [-0.2, -0.15) is 0 Å². The average Bonchev–Trinajstić information content (AvgIpc) is 3.39. The van der Waals surface area contributed by atoms with Crippen molar-refractivity contribution in [3.8, 4) is 67.1 Å². The van der Waals surface area contributed by atoms with E-state index in [1.54, 1.807) is 0 Å². The highest BCUT2D eigenvalue weighted by Crippen LogP contribution is 2.55. The van der Waals surface area contributed by atoms with Crippen molar-refractivity contribution in [2.75, 3.05) is 4.90 Å². The van der Waals surface area contributed by atoms with Crippen molar-refractivity contribution in [2.24, 2.45) is 0 Å². The monoisotopic (exact) mass is 729 g/mol. The van der Waals surface area contributed by atoms with Gasteiger partial charge in [-0.05, 0) is 109 Å². The van der Waals surface area contributed by atoms with E-state index in [0.717, 1.165) is 50.8 Å². The molecule has 0 radical (unpaired) electrons. The summed E-state index contributed by atoms with van der Waals surface area (Å²) in [6.07, 6.45) is 0. The molecule has 0 N–H and O–H groups in total. The number of rotatable bonds is 5. The molecular weight excluding hydrogens is 691 g/mol. The maximum absolute atomic E-state index is 7.19. The molecule has 1 aliphatic carbocycles. The zero-order chi connectivity index (χ0) is 38.1. The van der Waals surface area contributed by atoms with E-state index in [1.165, 1.54) is 55.3 Å². The van der Waals surface area contributed by atoms with Gasteiger partial charge in [0, 0.05) is 27.9 Å². The lowest BCUT2D eigenvalue weighted by atomic mass is 9.82. The Bertz CT molecular complexity index is 3010. The van der Waals surface area contributed by atoms with E-state index in [0.29, 0.717) is 0 Å². The number of benzene rings is 9. The summed E-state index contributed by atoms with van der Waals surface area (Å²) in [4.78, 5) is 2.38. The van der Waals surface area contributed by atoms with Gasteiger partial charge >= 0.3 is 0 Å². The van der Waals surface area contributed by atoms with Gasteiger partial charge in [0.05, 0.1) is 5.69 Å². The van der Waals surface area contributed by atoms with E-state index in [1.807, 2.05) is 0 Å². The quantitative estimate of drug-likeness (QED) is 0.175. The smallest absolute Gasteiger partial charge is 0.159 e. The van der Waals surface area contributed by atoms with Crippen LogP contribution in [0.4, 0.5) is 17.1 Å². The zero-order valence-corrected chi connectivity index (χ0v) is 31.9. The number of ether oxygens (including phenoxy) is 1. The van der Waals surface area contributed by atoms with Crippen LogP contribution >= 0.6 is 0 Å². The van der Waals surface area contributed by atoms with Gasteiger partial charge in [-0.25, -0.2) is 0 Å². The molecule has 0 spiro atoms. The highest BCUT2D eigenvalue weighted by atomic mass is 16.5. The molecule has 270 valence electrons. The molecule has 2 nitrogen and oxygen atoms in total. The van der Waals surface area contributed by atoms with Gasteiger partial charge in [0.2, 0.25) is 0 Å². The largest absolute Gasteiger partial charge is 0.454 e. The Kier molecular flexibility index (Phi) is 7.55. The molecule has 0 saturated heterocycles. The molecular formula is C55H39NO. The summed E-state index contributed by atoms with van der Waals surface area (Å²) in [5, 5.41) is 2.47. The second kappa shape index (κ2) is 13.0. The fraction of sp³-hybridized carbons (Fsp3) is 0.0545. The topological polar surface area (TPSA) is 12.5 Å². The standard InChI is InChI=1S/C55H39NO/c1-55(2)50-23-10-8-19-45(50)46-33-31-41(35-51(46)55)56(40-29-26-37(27-30-40)36-14-4-3-5-15-36)52-24-13-22-48-49-34-39(43-21-12-17-38-16-6-7-18-42(38)43)28-32-44(49)47-20-9-11-25-53(47)57-54(48)52/h3-35H,1-2H3. The van der Waals surface area contributed by atoms with Crippen LogP contribution in [-0.2, 0) is 5.41 Å². The molecule has 0 saturated carbocycles. The first-order chi connectivity index (χ1) is 28.0. The van der Waals surface area contributed by atoms with Gasteiger partial charge in [0.1, 0.15) is 5.75 Å². The lowest BCUT2D eigenvalue weighted by Gasteiger charge is -2.30. The summed E-state index contributed by atoms with van der Waals surface area (Å²) < 4.78 is 7.19. The molecule has 2 heteroatoms. The predicted molar refractivity (Wildman–Crippen MR) is 238 cm³/mol. The molecule has 1 heterocycles. The molecule has 9 aromatic carbocycles. The van der Waals surface area contributed by atoms with Gasteiger partial charge < -0.3 is 9.64 Å². The van der Waals surface area contributed by atoms with Crippen molar-refractivity contribution in [1.29, 1.82) is 0 Å². The predicted octanol–water partition coefficient (Wildman–Crippen LogP) is 15.4. The van der Waals surface area contributed by atoms with Crippen LogP contribution in [0.3, 0.4) is 0 Å². The van der Waals surface area contributed by atoms with E-state index >= 15 is 0 Å². The van der Waals surface area contributed by atoms with Crippen LogP contribution in [-0.4, -0.2) is 0 Å². The molecule has 0 amide bonds. The third-order valence-corrected chi connectivity index (χ3v) is 12.1. The Labute approximate surface area is 333 Å². The minimum Gasteiger partial charge on any atom is -0.454 e. The number of fused-ring (bicyclic) bond motifs is 9. The van der Waals surface area contributed by atoms with Crippen molar-refractivity contribution in [3.63, 3.8) is 0 Å². The summed E-state index contributed by atoms with van der Waals surface area (Å²) in [6, 6.07) is 72.5. The molecule has 1 aliphatic heterocycles. The lowest BCUT2D eigenvalue weighted by molar-refractivity contribution is 0.489. The SMILES string of the molecule is CC1(C)c2ccccc2-c2ccc(N(c3ccc(-c4ccccc4)cc3)c3cccc4c3Oc3ccccc3-c3ccc(-c5cccc6ccccc56)cc3-4)cc21. The van der Waals surface area contributed by atoms with E-state index in [2.05, 4.69) is 219 Å². The van der Waals surface area contributed by atoms with Crippen molar-refractivity contribution < 1.29 is 4.74 Å². The zero-order valence-electron chi connectivity index (χ0n) is 31.9. The Hall–Kier alpha value is -7.16. The Balaban J connectivity index is 1.14. The van der Waals surface area contributed by atoms with Crippen molar-refractivity contribution in [2.45, 2.75) is 19.3 Å². The maximum atomic E-state index is 7.19. The number of hydrogen-bond donors (Lipinski definition) is 0. The molecule has 0 unspecified atom stereocenters. The highest BCUT2D eigenvalue weighted by molar-refractivity contribution is 6.01. The van der Waals surface area contributed by atoms with E-state index in [9.17, 15) is 0 Å². The first-order valence-electron chi connectivity index (χ1n) is 19.8. The minimum absolute atomic E-state index is 0.148. The fourth-order valence-corrected chi connectivity index (χ4v) is 9.25. The molecule has 0 fully saturated rings. The first kappa shape index (κ1) is 33.2. The minimum atomic E-state index is -0.148. The molecule has 9 aromatic rings. The highest BCUT2D eigenvalue weighted by Gasteiger charge is 2.36. The first-order valence-corrected chi connectivity index (χ1v) is 19.8. The molecule has 57 heavy (non-hydrogen) atoms. The summed E-state index contributed by atoms with van der Waals surface area (Å²) >= 11 is 0. The molecule has 0 bridgehead atoms. The maximum Gasteiger partial charge on any atom is 0.159 e. The van der Waals surface area contributed by atoms with Gasteiger partial charge in [0.25, 0.3) is 0 Å². The van der Waals surface area contributed by atoms with Crippen LogP contribution in [0.2, 0.25) is 0 Å². The molecule has 0 aromatic heterocycles. The van der Waals surface area contributed by atoms with E-state index in [-0.39, 0.29) is 5.41 Å². The van der Waals surface area contributed by atoms with Crippen LogP contribution in [0.15, 0.2) is 200 Å². The van der Waals surface area contributed by atoms with E-state index < -0.39 is 0 Å². The number of nitrogens with zero attached hydrogens (tertiary/aromatic N) is 1. The molecule has 0 atom stereocenters. The van der Waals surface area contributed by atoms with Crippen LogP contribution in [0.25, 0.3) is 66.4 Å². The Morgan fingerprint density at radius 2 is 1.00 bits per heavy atom. The lowest BCUT2D eigenvalue weighted by Crippen LogP contribution is -2.17. The van der Waals surface area contributed by atoms with Crippen LogP contribution < -0.4 is 9.64 Å². The average molecular weight is 730 g/mol. The number of hydrogen-bond acceptors (Lipinski definition) is 2. The van der Waals surface area contributed by atoms with Gasteiger partial charge in [-0.15, -0.1) is 0 Å². The molecule has 2 aliphatic rings. The summed E-state index contributed by atoms with van der Waals surface area (Å²) in [5.74, 6) is 1.67. The third-order valence-electron chi connectivity index (χ3n) is 12.1. The van der Waals surface area contributed by atoms with Crippen LogP contribution in [0.1, 0.15) is 25.0 Å². The molecule has 11 rings (SSSR count). The van der Waals surface area contributed by atoms with Gasteiger partial charge in [0.15, 0.2) is 5.75 Å². The summed E-state index contributed by atoms with van der Waals surface area (Å²) in [6.45, 7) is 4.69. The Morgan fingerprint density at radius 1 is 0.386 bits per heavy atom. The second-order valence-electron chi connectivity index (χ2n) is 15.7. The summed E-state index contributed by atoms with van der Waals surface area (Å²) in [5.41, 5.74) is 17.5. The van der Waals surface area contributed by atoms with Crippen molar-refractivity contribution >= 4 is 27.8 Å². The van der Waals surface area contributed by atoms with Gasteiger partial charge in [-0.1, -0.05) is 172 Å². The van der Waals surface area contributed by atoms with Crippen molar-refractivity contribution in [1.82, 2.24) is 0 Å². The van der Waals surface area contributed by atoms with Crippen LogP contribution in [0, 0.1) is 0 Å². The van der Waals surface area contributed by atoms with Gasteiger partial charge in [-0.3, -0.25) is 0 Å². The van der Waals surface area contributed by atoms with Crippen molar-refractivity contribution in [3.05, 3.63) is 211 Å².